The number of amides is 1. The number of rotatable bonds is 4. The smallest absolute Gasteiger partial charge is 0.227 e. The summed E-state index contributed by atoms with van der Waals surface area (Å²) in [5.74, 6) is 1.02. The minimum absolute atomic E-state index is 0.189. The Labute approximate surface area is 167 Å². The Morgan fingerprint density at radius 1 is 1.26 bits per heavy atom. The first-order valence-corrected chi connectivity index (χ1v) is 10.4. The van der Waals surface area contributed by atoms with Crippen LogP contribution in [0.2, 0.25) is 5.02 Å². The Hall–Kier alpha value is -1.89. The summed E-state index contributed by atoms with van der Waals surface area (Å²) < 4.78 is 6.32. The van der Waals surface area contributed by atoms with E-state index in [4.69, 9.17) is 16.1 Å². The van der Waals surface area contributed by atoms with Crippen molar-refractivity contribution in [3.8, 4) is 0 Å². The SMILES string of the molecule is Cc1cc(CN2CCCN(C(=O)Cc3csc4ccc(Cl)cc34)CC2)no1. The van der Waals surface area contributed by atoms with Crippen molar-refractivity contribution in [1.82, 2.24) is 15.0 Å². The topological polar surface area (TPSA) is 49.6 Å². The second-order valence-electron chi connectivity index (χ2n) is 7.02. The van der Waals surface area contributed by atoms with E-state index in [0.29, 0.717) is 11.4 Å². The molecule has 0 aliphatic carbocycles. The Kier molecular flexibility index (Phi) is 5.48. The van der Waals surface area contributed by atoms with Crippen LogP contribution in [0, 0.1) is 6.92 Å². The molecular weight excluding hydrogens is 382 g/mol. The van der Waals surface area contributed by atoms with Crippen LogP contribution in [-0.2, 0) is 17.8 Å². The van der Waals surface area contributed by atoms with Crippen molar-refractivity contribution in [3.63, 3.8) is 0 Å². The number of thiophene rings is 1. The van der Waals surface area contributed by atoms with E-state index in [1.165, 1.54) is 4.70 Å². The van der Waals surface area contributed by atoms with E-state index in [1.54, 1.807) is 11.3 Å². The molecule has 7 heteroatoms. The monoisotopic (exact) mass is 403 g/mol. The van der Waals surface area contributed by atoms with Gasteiger partial charge in [0.05, 0.1) is 12.1 Å². The van der Waals surface area contributed by atoms with E-state index in [2.05, 4.69) is 15.4 Å². The molecule has 1 aliphatic heterocycles. The fraction of sp³-hybridized carbons (Fsp3) is 0.400. The Morgan fingerprint density at radius 3 is 2.96 bits per heavy atom. The summed E-state index contributed by atoms with van der Waals surface area (Å²) in [4.78, 5) is 17.2. The molecule has 1 amide bonds. The molecular formula is C20H22ClN3O2S. The molecule has 0 atom stereocenters. The molecule has 0 spiro atoms. The van der Waals surface area contributed by atoms with Gasteiger partial charge in [0.1, 0.15) is 5.76 Å². The van der Waals surface area contributed by atoms with Crippen molar-refractivity contribution in [2.45, 2.75) is 26.3 Å². The third kappa shape index (κ3) is 4.34. The fourth-order valence-corrected chi connectivity index (χ4v) is 4.68. The van der Waals surface area contributed by atoms with Crippen molar-refractivity contribution >= 4 is 38.9 Å². The minimum atomic E-state index is 0.189. The van der Waals surface area contributed by atoms with Gasteiger partial charge in [-0.2, -0.15) is 0 Å². The predicted octanol–water partition coefficient (Wildman–Crippen LogP) is 4.13. The summed E-state index contributed by atoms with van der Waals surface area (Å²) in [6, 6.07) is 7.85. The van der Waals surface area contributed by atoms with E-state index in [1.807, 2.05) is 36.1 Å². The third-order valence-corrected chi connectivity index (χ3v) is 6.21. The second kappa shape index (κ2) is 8.00. The Morgan fingerprint density at radius 2 is 2.15 bits per heavy atom. The highest BCUT2D eigenvalue weighted by Gasteiger charge is 2.21. The average Bonchev–Trinajstić information content (AvgIpc) is 3.14. The van der Waals surface area contributed by atoms with E-state index in [-0.39, 0.29) is 5.91 Å². The van der Waals surface area contributed by atoms with Gasteiger partial charge in [-0.15, -0.1) is 11.3 Å². The maximum absolute atomic E-state index is 12.9. The van der Waals surface area contributed by atoms with Crippen molar-refractivity contribution in [2.24, 2.45) is 0 Å². The molecule has 3 aromatic rings. The van der Waals surface area contributed by atoms with Crippen LogP contribution in [-0.4, -0.2) is 47.0 Å². The van der Waals surface area contributed by atoms with Crippen LogP contribution in [0.25, 0.3) is 10.1 Å². The number of nitrogens with zero attached hydrogens (tertiary/aromatic N) is 3. The van der Waals surface area contributed by atoms with Crippen LogP contribution in [0.3, 0.4) is 0 Å². The van der Waals surface area contributed by atoms with E-state index in [0.717, 1.165) is 61.5 Å². The molecule has 27 heavy (non-hydrogen) atoms. The quantitative estimate of drug-likeness (QED) is 0.657. The van der Waals surface area contributed by atoms with Gasteiger partial charge in [-0.25, -0.2) is 0 Å². The lowest BCUT2D eigenvalue weighted by molar-refractivity contribution is -0.130. The molecule has 1 fully saturated rings. The molecule has 0 radical (unpaired) electrons. The summed E-state index contributed by atoms with van der Waals surface area (Å²) in [6.07, 6.45) is 1.40. The van der Waals surface area contributed by atoms with Crippen LogP contribution >= 0.6 is 22.9 Å². The molecule has 0 bridgehead atoms. The molecule has 1 saturated heterocycles. The highest BCUT2D eigenvalue weighted by Crippen LogP contribution is 2.29. The van der Waals surface area contributed by atoms with Gasteiger partial charge >= 0.3 is 0 Å². The number of fused-ring (bicyclic) bond motifs is 1. The predicted molar refractivity (Wildman–Crippen MR) is 108 cm³/mol. The van der Waals surface area contributed by atoms with Crippen molar-refractivity contribution in [3.05, 3.63) is 51.7 Å². The largest absolute Gasteiger partial charge is 0.361 e. The molecule has 0 saturated carbocycles. The summed E-state index contributed by atoms with van der Waals surface area (Å²) in [7, 11) is 0. The zero-order valence-corrected chi connectivity index (χ0v) is 16.9. The summed E-state index contributed by atoms with van der Waals surface area (Å²) in [6.45, 7) is 6.04. The van der Waals surface area contributed by atoms with E-state index in [9.17, 15) is 4.79 Å². The Bertz CT molecular complexity index is 952. The number of hydrogen-bond donors (Lipinski definition) is 0. The molecule has 2 aromatic heterocycles. The molecule has 142 valence electrons. The first-order chi connectivity index (χ1) is 13.1. The summed E-state index contributed by atoms with van der Waals surface area (Å²) in [5.41, 5.74) is 2.02. The highest BCUT2D eigenvalue weighted by molar-refractivity contribution is 7.17. The number of hydrogen-bond acceptors (Lipinski definition) is 5. The van der Waals surface area contributed by atoms with E-state index < -0.39 is 0 Å². The number of aryl methyl sites for hydroxylation is 1. The maximum atomic E-state index is 12.9. The van der Waals surface area contributed by atoms with Crippen molar-refractivity contribution < 1.29 is 9.32 Å². The maximum Gasteiger partial charge on any atom is 0.227 e. The van der Waals surface area contributed by atoms with Gasteiger partial charge in [0, 0.05) is 48.5 Å². The number of halogens is 1. The number of aromatic nitrogens is 1. The molecule has 1 aliphatic rings. The summed E-state index contributed by atoms with van der Waals surface area (Å²) in [5, 5.41) is 7.96. The molecule has 0 N–H and O–H groups in total. The van der Waals surface area contributed by atoms with Gasteiger partial charge in [0.25, 0.3) is 0 Å². The van der Waals surface area contributed by atoms with Gasteiger partial charge in [0.2, 0.25) is 5.91 Å². The van der Waals surface area contributed by atoms with Gasteiger partial charge in [0.15, 0.2) is 0 Å². The molecule has 5 nitrogen and oxygen atoms in total. The Balaban J connectivity index is 1.38. The summed E-state index contributed by atoms with van der Waals surface area (Å²) >= 11 is 7.80. The molecule has 3 heterocycles. The van der Waals surface area contributed by atoms with Gasteiger partial charge < -0.3 is 9.42 Å². The number of carbonyl (C=O) groups excluding carboxylic acids is 1. The van der Waals surface area contributed by atoms with Crippen molar-refractivity contribution in [1.29, 1.82) is 0 Å². The first kappa shape index (κ1) is 18.5. The lowest BCUT2D eigenvalue weighted by Gasteiger charge is -2.21. The third-order valence-electron chi connectivity index (χ3n) is 4.96. The zero-order chi connectivity index (χ0) is 18.8. The van der Waals surface area contributed by atoms with Crippen LogP contribution in [0.1, 0.15) is 23.4 Å². The number of benzene rings is 1. The fourth-order valence-electron chi connectivity index (χ4n) is 3.57. The normalized spacial score (nSPS) is 16.0. The number of carbonyl (C=O) groups is 1. The lowest BCUT2D eigenvalue weighted by Crippen LogP contribution is -2.36. The van der Waals surface area contributed by atoms with Gasteiger partial charge in [-0.1, -0.05) is 16.8 Å². The van der Waals surface area contributed by atoms with E-state index >= 15 is 0 Å². The van der Waals surface area contributed by atoms with Crippen LogP contribution in [0.4, 0.5) is 0 Å². The van der Waals surface area contributed by atoms with Crippen LogP contribution in [0.15, 0.2) is 34.2 Å². The minimum Gasteiger partial charge on any atom is -0.361 e. The standard InChI is InChI=1S/C20H22ClN3O2S/c1-14-9-17(22-26-14)12-23-5-2-6-24(8-7-23)20(25)10-15-13-27-19-4-3-16(21)11-18(15)19/h3-4,9,11,13H,2,5-8,10,12H2,1H3. The average molecular weight is 404 g/mol. The van der Waals surface area contributed by atoms with Crippen LogP contribution in [0.5, 0.6) is 0 Å². The lowest BCUT2D eigenvalue weighted by atomic mass is 10.1. The zero-order valence-electron chi connectivity index (χ0n) is 15.3. The highest BCUT2D eigenvalue weighted by atomic mass is 35.5. The van der Waals surface area contributed by atoms with Gasteiger partial charge in [-0.05, 0) is 47.9 Å². The first-order valence-electron chi connectivity index (χ1n) is 9.16. The second-order valence-corrected chi connectivity index (χ2v) is 8.37. The molecule has 0 unspecified atom stereocenters. The van der Waals surface area contributed by atoms with Crippen molar-refractivity contribution in [2.75, 3.05) is 26.2 Å². The van der Waals surface area contributed by atoms with Crippen LogP contribution < -0.4 is 0 Å². The van der Waals surface area contributed by atoms with Gasteiger partial charge in [-0.3, -0.25) is 9.69 Å². The molecule has 1 aromatic carbocycles. The molecule has 4 rings (SSSR count).